The molecule has 0 saturated heterocycles. The van der Waals surface area contributed by atoms with Gasteiger partial charge in [-0.25, -0.2) is 4.79 Å². The van der Waals surface area contributed by atoms with Crippen molar-refractivity contribution < 1.29 is 23.9 Å². The van der Waals surface area contributed by atoms with Crippen LogP contribution in [0.5, 0.6) is 5.75 Å². The van der Waals surface area contributed by atoms with Crippen molar-refractivity contribution in [3.8, 4) is 28.1 Å². The summed E-state index contributed by atoms with van der Waals surface area (Å²) in [6, 6.07) is 21.1. The number of hydrogen-bond donors (Lipinski definition) is 1. The van der Waals surface area contributed by atoms with Crippen LogP contribution in [0.1, 0.15) is 76.1 Å². The summed E-state index contributed by atoms with van der Waals surface area (Å²) in [5.74, 6) is 1.59. The van der Waals surface area contributed by atoms with Crippen LogP contribution in [0.25, 0.3) is 22.4 Å². The average Bonchev–Trinajstić information content (AvgIpc) is 3.95. The van der Waals surface area contributed by atoms with Crippen LogP contribution in [0.4, 0.5) is 4.79 Å². The first-order chi connectivity index (χ1) is 21.6. The first-order valence-electron chi connectivity index (χ1n) is 15.5. The molecule has 45 heavy (non-hydrogen) atoms. The van der Waals surface area contributed by atoms with Gasteiger partial charge in [0.15, 0.2) is 0 Å². The molecule has 2 saturated carbocycles. The van der Waals surface area contributed by atoms with E-state index < -0.39 is 5.60 Å². The Hall–Kier alpha value is -4.75. The highest BCUT2D eigenvalue weighted by molar-refractivity contribution is 5.83. The number of ether oxygens (including phenoxy) is 2. The maximum atomic E-state index is 12.6. The van der Waals surface area contributed by atoms with Gasteiger partial charge in [0, 0.05) is 29.2 Å². The first kappa shape index (κ1) is 31.7. The van der Waals surface area contributed by atoms with Crippen LogP contribution >= 0.6 is 0 Å². The maximum absolute atomic E-state index is 12.6. The Kier molecular flexibility index (Phi) is 9.49. The molecule has 0 aliphatic heterocycles. The molecule has 234 valence electrons. The quantitative estimate of drug-likeness (QED) is 0.204. The molecule has 4 aromatic rings. The molecule has 2 aliphatic rings. The lowest BCUT2D eigenvalue weighted by Gasteiger charge is -2.24. The van der Waals surface area contributed by atoms with Gasteiger partial charge in [0.2, 0.25) is 0 Å². The minimum atomic E-state index is -0.543. The second-order valence-electron chi connectivity index (χ2n) is 12.7. The summed E-state index contributed by atoms with van der Waals surface area (Å²) < 4.78 is 13.8. The molecule has 2 aliphatic carbocycles. The summed E-state index contributed by atoms with van der Waals surface area (Å²) in [4.78, 5) is 33.1. The lowest BCUT2D eigenvalue weighted by Crippen LogP contribution is -2.43. The van der Waals surface area contributed by atoms with Crippen molar-refractivity contribution in [2.24, 2.45) is 0 Å². The molecule has 2 aromatic heterocycles. The smallest absolute Gasteiger partial charge is 0.408 e. The number of carbonyl (C=O) groups is 1. The zero-order valence-electron chi connectivity index (χ0n) is 26.3. The molecule has 0 radical (unpaired) electrons. The summed E-state index contributed by atoms with van der Waals surface area (Å²) in [6.45, 7) is 8.92. The molecule has 2 fully saturated rings. The fourth-order valence-electron chi connectivity index (χ4n) is 5.47. The standard InChI is InChI=1S/C35H40N4O3.CO2/c1-5-30-31(27-12-14-29(15-13-27)41-22-24-6-8-25(9-7-24)26-10-11-26)32(28-16-20-36-21-17-28)38-39(30)23-35(18-19-35)37-33(40)42-34(2,3)4;2-1-3/h6-9,12-17,20-21,26H,5,10-11,18-19,22-23H2,1-4H3,(H,37,40);. The highest BCUT2D eigenvalue weighted by atomic mass is 16.6. The number of carbonyl (C=O) groups excluding carboxylic acids is 3. The van der Waals surface area contributed by atoms with Crippen LogP contribution in [0.3, 0.4) is 0 Å². The van der Waals surface area contributed by atoms with Crippen molar-refractivity contribution in [1.29, 1.82) is 0 Å². The van der Waals surface area contributed by atoms with E-state index in [-0.39, 0.29) is 17.8 Å². The van der Waals surface area contributed by atoms with Crippen molar-refractivity contribution in [3.63, 3.8) is 0 Å². The lowest BCUT2D eigenvalue weighted by molar-refractivity contribution is -0.191. The van der Waals surface area contributed by atoms with Crippen LogP contribution in [0, 0.1) is 0 Å². The molecule has 1 N–H and O–H groups in total. The van der Waals surface area contributed by atoms with Crippen LogP contribution in [0.15, 0.2) is 73.1 Å². The summed E-state index contributed by atoms with van der Waals surface area (Å²) in [5.41, 5.74) is 6.94. The number of alkyl carbamates (subject to hydrolysis) is 1. The predicted molar refractivity (Wildman–Crippen MR) is 169 cm³/mol. The zero-order valence-corrected chi connectivity index (χ0v) is 26.3. The van der Waals surface area contributed by atoms with Gasteiger partial charge in [-0.1, -0.05) is 43.3 Å². The number of aromatic nitrogens is 3. The van der Waals surface area contributed by atoms with Crippen LogP contribution in [-0.2, 0) is 33.9 Å². The van der Waals surface area contributed by atoms with Gasteiger partial charge in [0.25, 0.3) is 0 Å². The summed E-state index contributed by atoms with van der Waals surface area (Å²) in [7, 11) is 0. The summed E-state index contributed by atoms with van der Waals surface area (Å²) in [6.07, 6.45) is 8.67. The SMILES string of the molecule is CCc1c(-c2ccc(OCc3ccc(C4CC4)cc3)cc2)c(-c2ccncc2)nn1CC1(NC(=O)OC(C)(C)C)CC1.O=C=O. The highest BCUT2D eigenvalue weighted by Gasteiger charge is 2.46. The minimum absolute atomic E-state index is 0.250. The molecule has 2 heterocycles. The summed E-state index contributed by atoms with van der Waals surface area (Å²) >= 11 is 0. The molecule has 9 nitrogen and oxygen atoms in total. The van der Waals surface area contributed by atoms with Gasteiger partial charge in [-0.15, -0.1) is 0 Å². The Morgan fingerprint density at radius 3 is 2.18 bits per heavy atom. The average molecular weight is 609 g/mol. The predicted octanol–water partition coefficient (Wildman–Crippen LogP) is 7.10. The number of hydrogen-bond acceptors (Lipinski definition) is 7. The van der Waals surface area contributed by atoms with E-state index >= 15 is 0 Å². The van der Waals surface area contributed by atoms with Gasteiger partial charge < -0.3 is 14.8 Å². The van der Waals surface area contributed by atoms with Crippen molar-refractivity contribution in [3.05, 3.63) is 89.9 Å². The Balaban J connectivity index is 0.00000128. The number of pyridine rings is 1. The molecule has 6 rings (SSSR count). The molecule has 2 aromatic carbocycles. The molecule has 0 bridgehead atoms. The largest absolute Gasteiger partial charge is 0.489 e. The molecule has 0 spiro atoms. The molecular weight excluding hydrogens is 568 g/mol. The molecule has 0 atom stereocenters. The fraction of sp³-hybridized carbons (Fsp3) is 0.389. The third-order valence-corrected chi connectivity index (χ3v) is 8.00. The van der Waals surface area contributed by atoms with Gasteiger partial charge in [-0.05, 0) is 99.7 Å². The fourth-order valence-corrected chi connectivity index (χ4v) is 5.47. The number of nitrogens with zero attached hydrogens (tertiary/aromatic N) is 3. The van der Waals surface area contributed by atoms with E-state index in [2.05, 4.69) is 58.3 Å². The highest BCUT2D eigenvalue weighted by Crippen LogP contribution is 2.41. The topological polar surface area (TPSA) is 112 Å². The van der Waals surface area contributed by atoms with E-state index in [0.717, 1.165) is 59.0 Å². The molecular formula is C36H40N4O5. The van der Waals surface area contributed by atoms with E-state index in [4.69, 9.17) is 24.2 Å². The Morgan fingerprint density at radius 2 is 1.62 bits per heavy atom. The van der Waals surface area contributed by atoms with Gasteiger partial charge in [0.05, 0.1) is 12.1 Å². The van der Waals surface area contributed by atoms with E-state index in [0.29, 0.717) is 13.2 Å². The number of benzene rings is 2. The lowest BCUT2D eigenvalue weighted by atomic mass is 9.98. The van der Waals surface area contributed by atoms with Crippen molar-refractivity contribution in [2.75, 3.05) is 0 Å². The third-order valence-electron chi connectivity index (χ3n) is 8.00. The normalized spacial score (nSPS) is 14.8. The van der Waals surface area contributed by atoms with Gasteiger partial charge in [0.1, 0.15) is 23.7 Å². The monoisotopic (exact) mass is 608 g/mol. The van der Waals surface area contributed by atoms with Crippen LogP contribution in [-0.4, -0.2) is 38.1 Å². The third kappa shape index (κ3) is 8.25. The van der Waals surface area contributed by atoms with E-state index in [1.807, 2.05) is 45.0 Å². The summed E-state index contributed by atoms with van der Waals surface area (Å²) in [5, 5.41) is 8.25. The molecule has 0 unspecified atom stereocenters. The van der Waals surface area contributed by atoms with Crippen molar-refractivity contribution >= 4 is 12.2 Å². The number of amides is 1. The maximum Gasteiger partial charge on any atom is 0.408 e. The Bertz CT molecular complexity index is 1630. The zero-order chi connectivity index (χ0) is 32.0. The Labute approximate surface area is 264 Å². The van der Waals surface area contributed by atoms with Crippen LogP contribution in [0.2, 0.25) is 0 Å². The second-order valence-corrected chi connectivity index (χ2v) is 12.7. The molecule has 1 amide bonds. The second kappa shape index (κ2) is 13.5. The van der Waals surface area contributed by atoms with Crippen molar-refractivity contribution in [2.45, 2.75) is 90.0 Å². The van der Waals surface area contributed by atoms with Crippen LogP contribution < -0.4 is 10.1 Å². The molecule has 9 heteroatoms. The van der Waals surface area contributed by atoms with Gasteiger partial charge in [-0.3, -0.25) is 9.67 Å². The Morgan fingerprint density at radius 1 is 0.978 bits per heavy atom. The minimum Gasteiger partial charge on any atom is -0.489 e. The van der Waals surface area contributed by atoms with E-state index in [9.17, 15) is 4.79 Å². The van der Waals surface area contributed by atoms with E-state index in [1.54, 1.807) is 12.4 Å². The number of rotatable bonds is 10. The van der Waals surface area contributed by atoms with E-state index in [1.165, 1.54) is 24.0 Å². The first-order valence-corrected chi connectivity index (χ1v) is 15.5. The van der Waals surface area contributed by atoms with Crippen molar-refractivity contribution in [1.82, 2.24) is 20.1 Å². The number of nitrogens with one attached hydrogen (secondary N) is 1. The van der Waals surface area contributed by atoms with Gasteiger partial charge in [-0.2, -0.15) is 14.7 Å². The van der Waals surface area contributed by atoms with Gasteiger partial charge >= 0.3 is 12.2 Å².